The van der Waals surface area contributed by atoms with Crippen LogP contribution in [0.25, 0.3) is 0 Å². The second kappa shape index (κ2) is 11.1. The maximum atomic E-state index is 13.5. The minimum absolute atomic E-state index is 0.130. The summed E-state index contributed by atoms with van der Waals surface area (Å²) in [5, 5.41) is 4.03. The molecule has 0 fully saturated rings. The zero-order valence-corrected chi connectivity index (χ0v) is 20.8. The fourth-order valence-corrected chi connectivity index (χ4v) is 4.96. The summed E-state index contributed by atoms with van der Waals surface area (Å²) in [7, 11) is -3.97. The number of nitrogens with one attached hydrogen (secondary N) is 1. The molecular weight excluding hydrogens is 446 g/mol. The smallest absolute Gasteiger partial charge is 0.264 e. The molecule has 178 valence electrons. The number of anilines is 1. The zero-order valence-electron chi connectivity index (χ0n) is 20.0. The first-order valence-electron chi connectivity index (χ1n) is 11.3. The highest BCUT2D eigenvalue weighted by atomic mass is 32.2. The Morgan fingerprint density at radius 3 is 2.26 bits per heavy atom. The van der Waals surface area contributed by atoms with E-state index < -0.39 is 22.5 Å². The van der Waals surface area contributed by atoms with Crippen LogP contribution in [0, 0.1) is 6.92 Å². The number of carbonyl (C=O) groups is 1. The molecule has 0 aliphatic rings. The summed E-state index contributed by atoms with van der Waals surface area (Å²) in [4.78, 5) is 12.9. The SMILES string of the molecule is CCc1ccccc1N(CC(=O)N/N=C\c1ccc(C(C)C)cc1)S(=O)(=O)c1ccc(C)cc1. The van der Waals surface area contributed by atoms with Gasteiger partial charge in [-0.05, 0) is 54.2 Å². The molecule has 3 rings (SSSR count). The molecule has 0 bridgehead atoms. The van der Waals surface area contributed by atoms with Crippen molar-refractivity contribution < 1.29 is 13.2 Å². The number of aryl methyl sites for hydroxylation is 2. The lowest BCUT2D eigenvalue weighted by Gasteiger charge is -2.25. The highest BCUT2D eigenvalue weighted by molar-refractivity contribution is 7.92. The van der Waals surface area contributed by atoms with Gasteiger partial charge in [0.05, 0.1) is 16.8 Å². The van der Waals surface area contributed by atoms with E-state index in [1.165, 1.54) is 5.56 Å². The van der Waals surface area contributed by atoms with Crippen molar-refractivity contribution in [1.82, 2.24) is 5.43 Å². The van der Waals surface area contributed by atoms with E-state index in [2.05, 4.69) is 24.4 Å². The number of para-hydroxylation sites is 1. The molecule has 1 N–H and O–H groups in total. The summed E-state index contributed by atoms with van der Waals surface area (Å²) in [5.74, 6) is -0.102. The van der Waals surface area contributed by atoms with Gasteiger partial charge in [-0.15, -0.1) is 0 Å². The van der Waals surface area contributed by atoms with E-state index in [9.17, 15) is 13.2 Å². The van der Waals surface area contributed by atoms with E-state index in [-0.39, 0.29) is 4.90 Å². The van der Waals surface area contributed by atoms with E-state index in [0.29, 0.717) is 18.0 Å². The topological polar surface area (TPSA) is 78.8 Å². The average molecular weight is 478 g/mol. The summed E-state index contributed by atoms with van der Waals surface area (Å²) in [6, 6.07) is 21.7. The Bertz CT molecular complexity index is 1250. The number of rotatable bonds is 9. The van der Waals surface area contributed by atoms with Gasteiger partial charge >= 0.3 is 0 Å². The van der Waals surface area contributed by atoms with Gasteiger partial charge in [0, 0.05) is 0 Å². The van der Waals surface area contributed by atoms with Crippen molar-refractivity contribution in [3.63, 3.8) is 0 Å². The molecule has 0 spiro atoms. The molecule has 1 amide bonds. The summed E-state index contributed by atoms with van der Waals surface area (Å²) < 4.78 is 28.2. The van der Waals surface area contributed by atoms with Crippen molar-refractivity contribution in [3.05, 3.63) is 95.1 Å². The van der Waals surface area contributed by atoms with Crippen LogP contribution in [0.5, 0.6) is 0 Å². The molecule has 34 heavy (non-hydrogen) atoms. The molecule has 3 aromatic carbocycles. The number of sulfonamides is 1. The van der Waals surface area contributed by atoms with E-state index in [0.717, 1.165) is 21.0 Å². The van der Waals surface area contributed by atoms with Gasteiger partial charge in [0.1, 0.15) is 6.54 Å². The lowest BCUT2D eigenvalue weighted by Crippen LogP contribution is -2.40. The molecule has 6 nitrogen and oxygen atoms in total. The van der Waals surface area contributed by atoms with Crippen LogP contribution in [0.4, 0.5) is 5.69 Å². The average Bonchev–Trinajstić information content (AvgIpc) is 2.83. The van der Waals surface area contributed by atoms with Gasteiger partial charge < -0.3 is 0 Å². The molecule has 7 heteroatoms. The summed E-state index contributed by atoms with van der Waals surface area (Å²) in [6.07, 6.45) is 2.17. The molecule has 0 saturated heterocycles. The quantitative estimate of drug-likeness (QED) is 0.347. The molecular formula is C27H31N3O3S. The maximum absolute atomic E-state index is 13.5. The van der Waals surface area contributed by atoms with Crippen LogP contribution in [0.15, 0.2) is 82.8 Å². The number of hydrazone groups is 1. The van der Waals surface area contributed by atoms with Crippen molar-refractivity contribution in [2.24, 2.45) is 5.10 Å². The van der Waals surface area contributed by atoms with E-state index in [1.54, 1.807) is 42.6 Å². The van der Waals surface area contributed by atoms with E-state index >= 15 is 0 Å². The van der Waals surface area contributed by atoms with Crippen LogP contribution >= 0.6 is 0 Å². The first-order valence-corrected chi connectivity index (χ1v) is 12.8. The third kappa shape index (κ3) is 6.11. The molecule has 0 aliphatic heterocycles. The minimum Gasteiger partial charge on any atom is -0.271 e. The predicted octanol–water partition coefficient (Wildman–Crippen LogP) is 5.03. The Labute approximate surface area is 202 Å². The third-order valence-electron chi connectivity index (χ3n) is 5.54. The lowest BCUT2D eigenvalue weighted by molar-refractivity contribution is -0.119. The summed E-state index contributed by atoms with van der Waals surface area (Å²) in [6.45, 7) is 7.69. The zero-order chi connectivity index (χ0) is 24.7. The van der Waals surface area contributed by atoms with Crippen molar-refractivity contribution in [2.45, 2.75) is 44.9 Å². The first-order chi connectivity index (χ1) is 16.2. The first kappa shape index (κ1) is 25.2. The molecule has 0 aromatic heterocycles. The highest BCUT2D eigenvalue weighted by Crippen LogP contribution is 2.27. The fourth-order valence-electron chi connectivity index (χ4n) is 3.50. The number of hydrogen-bond donors (Lipinski definition) is 1. The molecule has 0 atom stereocenters. The lowest BCUT2D eigenvalue weighted by atomic mass is 10.0. The normalized spacial score (nSPS) is 11.7. The van der Waals surface area contributed by atoms with Gasteiger partial charge in [-0.2, -0.15) is 5.10 Å². The largest absolute Gasteiger partial charge is 0.271 e. The number of carbonyl (C=O) groups excluding carboxylic acids is 1. The van der Waals surface area contributed by atoms with Crippen molar-refractivity contribution in [3.8, 4) is 0 Å². The number of nitrogens with zero attached hydrogens (tertiary/aromatic N) is 2. The van der Waals surface area contributed by atoms with E-state index in [4.69, 9.17) is 0 Å². The van der Waals surface area contributed by atoms with Crippen LogP contribution in [0.1, 0.15) is 48.9 Å². The molecule has 0 saturated carbocycles. The van der Waals surface area contributed by atoms with Gasteiger partial charge in [-0.3, -0.25) is 9.10 Å². The van der Waals surface area contributed by atoms with Crippen molar-refractivity contribution in [2.75, 3.05) is 10.8 Å². The molecule has 0 heterocycles. The minimum atomic E-state index is -3.97. The monoisotopic (exact) mass is 477 g/mol. The predicted molar refractivity (Wildman–Crippen MR) is 138 cm³/mol. The van der Waals surface area contributed by atoms with Crippen LogP contribution in [0.2, 0.25) is 0 Å². The van der Waals surface area contributed by atoms with Crippen LogP contribution in [0.3, 0.4) is 0 Å². The van der Waals surface area contributed by atoms with Crippen LogP contribution < -0.4 is 9.73 Å². The van der Waals surface area contributed by atoms with Gasteiger partial charge in [0.15, 0.2) is 0 Å². The van der Waals surface area contributed by atoms with E-state index in [1.807, 2.05) is 50.2 Å². The Morgan fingerprint density at radius 1 is 1.00 bits per heavy atom. The maximum Gasteiger partial charge on any atom is 0.264 e. The van der Waals surface area contributed by atoms with Gasteiger partial charge in [-0.25, -0.2) is 13.8 Å². The standard InChI is InChI=1S/C27H31N3O3S/c1-5-23-8-6-7-9-26(23)30(34(32,33)25-16-10-21(4)11-17-25)19-27(31)29-28-18-22-12-14-24(15-13-22)20(2)3/h6-18,20H,5,19H2,1-4H3,(H,29,31)/b28-18-. The molecule has 0 aliphatic carbocycles. The van der Waals surface area contributed by atoms with Crippen LogP contribution in [-0.2, 0) is 21.2 Å². The van der Waals surface area contributed by atoms with Crippen molar-refractivity contribution >= 4 is 27.8 Å². The Morgan fingerprint density at radius 2 is 1.65 bits per heavy atom. The Balaban J connectivity index is 1.84. The summed E-state index contributed by atoms with van der Waals surface area (Å²) in [5.41, 5.74) is 6.78. The summed E-state index contributed by atoms with van der Waals surface area (Å²) >= 11 is 0. The second-order valence-corrected chi connectivity index (χ2v) is 10.3. The van der Waals surface area contributed by atoms with Crippen LogP contribution in [-0.4, -0.2) is 27.1 Å². The third-order valence-corrected chi connectivity index (χ3v) is 7.32. The number of hydrogen-bond acceptors (Lipinski definition) is 4. The van der Waals surface area contributed by atoms with Gasteiger partial charge in [-0.1, -0.05) is 80.9 Å². The number of amides is 1. The highest BCUT2D eigenvalue weighted by Gasteiger charge is 2.28. The molecule has 0 radical (unpaired) electrons. The number of benzene rings is 3. The Hall–Kier alpha value is -3.45. The van der Waals surface area contributed by atoms with Crippen molar-refractivity contribution in [1.29, 1.82) is 0 Å². The second-order valence-electron chi connectivity index (χ2n) is 8.42. The Kier molecular flexibility index (Phi) is 8.23. The van der Waals surface area contributed by atoms with Gasteiger partial charge in [0.25, 0.3) is 15.9 Å². The molecule has 0 unspecified atom stereocenters. The van der Waals surface area contributed by atoms with Gasteiger partial charge in [0.2, 0.25) is 0 Å². The molecule has 3 aromatic rings. The fraction of sp³-hybridized carbons (Fsp3) is 0.259.